The van der Waals surface area contributed by atoms with Crippen LogP contribution in [0.3, 0.4) is 0 Å². The summed E-state index contributed by atoms with van der Waals surface area (Å²) in [7, 11) is 0. The lowest BCUT2D eigenvalue weighted by molar-refractivity contribution is -0.156. The van der Waals surface area contributed by atoms with Gasteiger partial charge in [0.1, 0.15) is 5.75 Å². The molecule has 166 valence electrons. The molecule has 0 fully saturated rings. The molecule has 2 rings (SSSR count). The van der Waals surface area contributed by atoms with Crippen molar-refractivity contribution in [3.63, 3.8) is 0 Å². The molecule has 0 spiro atoms. The lowest BCUT2D eigenvalue weighted by Crippen LogP contribution is -2.40. The number of aryl methyl sites for hydroxylation is 2. The summed E-state index contributed by atoms with van der Waals surface area (Å²) in [5.41, 5.74) is 1.33. The Bertz CT molecular complexity index is 977. The number of halogens is 3. The number of anilines is 1. The first kappa shape index (κ1) is 23.7. The second-order valence-corrected chi connectivity index (χ2v) is 6.73. The third kappa shape index (κ3) is 7.02. The molecule has 0 aliphatic carbocycles. The van der Waals surface area contributed by atoms with Gasteiger partial charge in [0.05, 0.1) is 12.2 Å². The second-order valence-electron chi connectivity index (χ2n) is 6.73. The average molecular weight is 438 g/mol. The van der Waals surface area contributed by atoms with Crippen molar-refractivity contribution in [2.45, 2.75) is 26.9 Å². The number of esters is 1. The van der Waals surface area contributed by atoms with E-state index in [2.05, 4.69) is 5.32 Å². The minimum Gasteiger partial charge on any atom is -0.482 e. The standard InChI is InChI=1S/C21H21F3N2O5/c1-11-6-12(2)8-14(7-11)30-10-18(28)31-13(3)21(29)25-9-17(27)26-16-5-4-15(22)19(23)20(16)24/h4-8,13H,9-10H2,1-3H3,(H,25,29)(H,26,27)/t13-/m1/s1. The molecule has 7 nitrogen and oxygen atoms in total. The summed E-state index contributed by atoms with van der Waals surface area (Å²) in [6.45, 7) is 4.01. The van der Waals surface area contributed by atoms with E-state index in [9.17, 15) is 27.6 Å². The number of carbonyl (C=O) groups excluding carboxylic acids is 3. The number of benzene rings is 2. The number of rotatable bonds is 8. The van der Waals surface area contributed by atoms with Gasteiger partial charge in [0.25, 0.3) is 5.91 Å². The molecule has 2 amide bonds. The largest absolute Gasteiger partial charge is 0.482 e. The van der Waals surface area contributed by atoms with Crippen molar-refractivity contribution >= 4 is 23.5 Å². The van der Waals surface area contributed by atoms with E-state index in [4.69, 9.17) is 9.47 Å². The molecule has 0 unspecified atom stereocenters. The van der Waals surface area contributed by atoms with Gasteiger partial charge in [-0.15, -0.1) is 0 Å². The number of carbonyl (C=O) groups is 3. The molecule has 10 heteroatoms. The van der Waals surface area contributed by atoms with E-state index in [1.807, 2.05) is 25.2 Å². The Kier molecular flexibility index (Phi) is 8.00. The molecule has 2 N–H and O–H groups in total. The second kappa shape index (κ2) is 10.5. The predicted molar refractivity (Wildman–Crippen MR) is 105 cm³/mol. The van der Waals surface area contributed by atoms with Gasteiger partial charge in [0.15, 0.2) is 30.2 Å². The van der Waals surface area contributed by atoms with Crippen molar-refractivity contribution < 1.29 is 37.0 Å². The SMILES string of the molecule is Cc1cc(C)cc(OCC(=O)O[C@H](C)C(=O)NCC(=O)Nc2ccc(F)c(F)c2F)c1. The van der Waals surface area contributed by atoms with Crippen LogP contribution in [0.2, 0.25) is 0 Å². The van der Waals surface area contributed by atoms with Crippen LogP contribution in [0.25, 0.3) is 0 Å². The topological polar surface area (TPSA) is 93.7 Å². The summed E-state index contributed by atoms with van der Waals surface area (Å²) in [5.74, 6) is -6.70. The Balaban J connectivity index is 1.78. The van der Waals surface area contributed by atoms with Crippen molar-refractivity contribution in [3.05, 3.63) is 58.9 Å². The van der Waals surface area contributed by atoms with E-state index in [-0.39, 0.29) is 0 Å². The number of ether oxygens (including phenoxy) is 2. The zero-order valence-electron chi connectivity index (χ0n) is 17.1. The molecule has 0 saturated heterocycles. The molecular weight excluding hydrogens is 417 g/mol. The Hall–Kier alpha value is -3.56. The molecule has 2 aromatic rings. The number of nitrogens with one attached hydrogen (secondary N) is 2. The third-order valence-corrected chi connectivity index (χ3v) is 3.96. The quantitative estimate of drug-likeness (QED) is 0.488. The highest BCUT2D eigenvalue weighted by molar-refractivity contribution is 5.95. The maximum Gasteiger partial charge on any atom is 0.344 e. The van der Waals surface area contributed by atoms with Gasteiger partial charge in [-0.1, -0.05) is 6.07 Å². The van der Waals surface area contributed by atoms with E-state index in [0.29, 0.717) is 11.8 Å². The maximum atomic E-state index is 13.5. The summed E-state index contributed by atoms with van der Waals surface area (Å²) >= 11 is 0. The van der Waals surface area contributed by atoms with Gasteiger partial charge >= 0.3 is 5.97 Å². The maximum absolute atomic E-state index is 13.5. The van der Waals surface area contributed by atoms with Crippen LogP contribution in [0.4, 0.5) is 18.9 Å². The first-order valence-electron chi connectivity index (χ1n) is 9.18. The van der Waals surface area contributed by atoms with Crippen LogP contribution >= 0.6 is 0 Å². The molecule has 0 saturated carbocycles. The van der Waals surface area contributed by atoms with E-state index in [1.54, 1.807) is 12.1 Å². The van der Waals surface area contributed by atoms with Gasteiger partial charge in [0.2, 0.25) is 5.91 Å². The summed E-state index contributed by atoms with van der Waals surface area (Å²) in [5, 5.41) is 4.18. The van der Waals surface area contributed by atoms with Gasteiger partial charge in [-0.25, -0.2) is 18.0 Å². The lowest BCUT2D eigenvalue weighted by Gasteiger charge is -2.14. The van der Waals surface area contributed by atoms with E-state index in [0.717, 1.165) is 17.2 Å². The summed E-state index contributed by atoms with van der Waals surface area (Å²) < 4.78 is 49.9. The van der Waals surface area contributed by atoms with Crippen LogP contribution in [-0.2, 0) is 19.1 Å². The van der Waals surface area contributed by atoms with Crippen LogP contribution < -0.4 is 15.4 Å². The van der Waals surface area contributed by atoms with E-state index in [1.165, 1.54) is 6.92 Å². The van der Waals surface area contributed by atoms with Crippen LogP contribution in [-0.4, -0.2) is 37.0 Å². The van der Waals surface area contributed by atoms with Gasteiger partial charge < -0.3 is 20.1 Å². The highest BCUT2D eigenvalue weighted by Crippen LogP contribution is 2.19. The fourth-order valence-electron chi connectivity index (χ4n) is 2.57. The smallest absolute Gasteiger partial charge is 0.344 e. The van der Waals surface area contributed by atoms with Crippen molar-refractivity contribution in [3.8, 4) is 5.75 Å². The zero-order valence-corrected chi connectivity index (χ0v) is 17.1. The van der Waals surface area contributed by atoms with Crippen LogP contribution in [0.1, 0.15) is 18.1 Å². The lowest BCUT2D eigenvalue weighted by atomic mass is 10.1. The molecule has 0 aliphatic rings. The van der Waals surface area contributed by atoms with Gasteiger partial charge in [-0.05, 0) is 56.2 Å². The van der Waals surface area contributed by atoms with Crippen molar-refractivity contribution in [2.24, 2.45) is 0 Å². The molecular formula is C21H21F3N2O5. The van der Waals surface area contributed by atoms with Crippen molar-refractivity contribution in [2.75, 3.05) is 18.5 Å². The van der Waals surface area contributed by atoms with Crippen LogP contribution in [0.5, 0.6) is 5.75 Å². The number of hydrogen-bond acceptors (Lipinski definition) is 5. The molecule has 1 atom stereocenters. The monoisotopic (exact) mass is 438 g/mol. The summed E-state index contributed by atoms with van der Waals surface area (Å²) in [6.07, 6.45) is -1.23. The highest BCUT2D eigenvalue weighted by Gasteiger charge is 2.20. The van der Waals surface area contributed by atoms with Crippen LogP contribution in [0.15, 0.2) is 30.3 Å². The Morgan fingerprint density at radius 3 is 2.29 bits per heavy atom. The molecule has 0 heterocycles. The molecule has 31 heavy (non-hydrogen) atoms. The minimum absolute atomic E-state index is 0.420. The normalized spacial score (nSPS) is 11.4. The molecule has 0 aromatic heterocycles. The van der Waals surface area contributed by atoms with E-state index < -0.39 is 60.2 Å². The number of amides is 2. The Labute approximate surface area is 176 Å². The Morgan fingerprint density at radius 2 is 1.65 bits per heavy atom. The minimum atomic E-state index is -1.73. The third-order valence-electron chi connectivity index (χ3n) is 3.96. The molecule has 0 bridgehead atoms. The predicted octanol–water partition coefficient (Wildman–Crippen LogP) is 2.79. The van der Waals surface area contributed by atoms with Gasteiger partial charge in [-0.3, -0.25) is 9.59 Å². The first-order valence-corrected chi connectivity index (χ1v) is 9.18. The molecule has 2 aromatic carbocycles. The fourth-order valence-corrected chi connectivity index (χ4v) is 2.57. The molecule has 0 radical (unpaired) electrons. The number of hydrogen-bond donors (Lipinski definition) is 2. The van der Waals surface area contributed by atoms with Gasteiger partial charge in [0, 0.05) is 0 Å². The highest BCUT2D eigenvalue weighted by atomic mass is 19.2. The van der Waals surface area contributed by atoms with Crippen molar-refractivity contribution in [1.29, 1.82) is 0 Å². The van der Waals surface area contributed by atoms with E-state index >= 15 is 0 Å². The van der Waals surface area contributed by atoms with Crippen molar-refractivity contribution in [1.82, 2.24) is 5.32 Å². The first-order chi connectivity index (χ1) is 14.6. The van der Waals surface area contributed by atoms with Gasteiger partial charge in [-0.2, -0.15) is 0 Å². The summed E-state index contributed by atoms with van der Waals surface area (Å²) in [4.78, 5) is 35.6. The summed E-state index contributed by atoms with van der Waals surface area (Å²) in [6, 6.07) is 6.91. The fraction of sp³-hybridized carbons (Fsp3) is 0.286. The van der Waals surface area contributed by atoms with Crippen LogP contribution in [0, 0.1) is 31.3 Å². The zero-order chi connectivity index (χ0) is 23.1. The molecule has 0 aliphatic heterocycles. The Morgan fingerprint density at radius 1 is 1.00 bits per heavy atom. The average Bonchev–Trinajstić information content (AvgIpc) is 2.70.